The molecule has 6 nitrogen and oxygen atoms in total. The van der Waals surface area contributed by atoms with E-state index in [0.29, 0.717) is 0 Å². The molecule has 0 saturated carbocycles. The van der Waals surface area contributed by atoms with E-state index in [4.69, 9.17) is 9.57 Å². The smallest absolute Gasteiger partial charge is 0.434 e. The minimum absolute atomic E-state index is 0.0480. The Morgan fingerprint density at radius 1 is 0.960 bits per heavy atom. The van der Waals surface area contributed by atoms with Crippen LogP contribution in [0.3, 0.4) is 0 Å². The third kappa shape index (κ3) is 3.34. The van der Waals surface area contributed by atoms with Crippen molar-refractivity contribution in [2.75, 3.05) is 27.4 Å². The molecule has 0 radical (unpaired) electrons. The average molecular weight is 341 g/mol. The van der Waals surface area contributed by atoms with Crippen molar-refractivity contribution >= 4 is 12.1 Å². The van der Waals surface area contributed by atoms with Gasteiger partial charge >= 0.3 is 12.1 Å². The number of rotatable bonds is 5. The lowest BCUT2D eigenvalue weighted by atomic mass is 9.98. The van der Waals surface area contributed by atoms with Crippen molar-refractivity contribution in [3.05, 3.63) is 59.7 Å². The van der Waals surface area contributed by atoms with Crippen LogP contribution in [0.1, 0.15) is 17.0 Å². The van der Waals surface area contributed by atoms with Gasteiger partial charge in [-0.15, -0.1) is 0 Å². The summed E-state index contributed by atoms with van der Waals surface area (Å²) in [5.41, 5.74) is 4.54. The van der Waals surface area contributed by atoms with Gasteiger partial charge in [0.2, 0.25) is 0 Å². The molecule has 1 amide bonds. The van der Waals surface area contributed by atoms with Gasteiger partial charge < -0.3 is 9.47 Å². The van der Waals surface area contributed by atoms with Crippen LogP contribution < -0.4 is 0 Å². The molecule has 6 heteroatoms. The summed E-state index contributed by atoms with van der Waals surface area (Å²) in [7, 11) is 2.54. The van der Waals surface area contributed by atoms with Gasteiger partial charge in [0.05, 0.1) is 14.2 Å². The molecule has 0 bridgehead atoms. The molecular weight excluding hydrogens is 322 g/mol. The van der Waals surface area contributed by atoms with Crippen LogP contribution in [0.5, 0.6) is 0 Å². The molecule has 2 aromatic carbocycles. The molecule has 0 spiro atoms. The number of hydroxylamine groups is 2. The number of ether oxygens (including phenoxy) is 2. The highest BCUT2D eigenvalue weighted by atomic mass is 16.7. The summed E-state index contributed by atoms with van der Waals surface area (Å²) in [6.45, 7) is -0.169. The molecule has 25 heavy (non-hydrogen) atoms. The fraction of sp³-hybridized carbons (Fsp3) is 0.263. The number of carbonyl (C=O) groups excluding carboxylic acids is 2. The Morgan fingerprint density at radius 2 is 1.52 bits per heavy atom. The second-order valence-corrected chi connectivity index (χ2v) is 5.60. The maximum Gasteiger partial charge on any atom is 0.434 e. The number of fused-ring (bicyclic) bond motifs is 3. The molecular formula is C19H19NO5. The Kier molecular flexibility index (Phi) is 5.00. The van der Waals surface area contributed by atoms with Crippen LogP contribution >= 0.6 is 0 Å². The topological polar surface area (TPSA) is 65.1 Å². The minimum atomic E-state index is -0.727. The summed E-state index contributed by atoms with van der Waals surface area (Å²) in [5, 5.41) is 0.832. The van der Waals surface area contributed by atoms with Gasteiger partial charge in [-0.05, 0) is 22.3 Å². The second-order valence-electron chi connectivity index (χ2n) is 5.60. The van der Waals surface area contributed by atoms with E-state index in [0.717, 1.165) is 27.3 Å². The molecule has 1 aliphatic rings. The molecule has 0 unspecified atom stereocenters. The van der Waals surface area contributed by atoms with E-state index in [-0.39, 0.29) is 19.1 Å². The standard InChI is InChI=1S/C19H19NO5/c1-23-18(21)11-20(24-2)19(22)25-12-17-15-9-5-3-7-13(15)14-8-4-6-10-16(14)17/h3-10,17H,11-12H2,1-2H3. The third-order valence-corrected chi connectivity index (χ3v) is 4.26. The Morgan fingerprint density at radius 3 is 2.04 bits per heavy atom. The van der Waals surface area contributed by atoms with E-state index in [2.05, 4.69) is 16.9 Å². The Bertz CT molecular complexity index is 743. The maximum absolute atomic E-state index is 12.2. The summed E-state index contributed by atoms with van der Waals surface area (Å²) in [6, 6.07) is 16.1. The monoisotopic (exact) mass is 341 g/mol. The van der Waals surface area contributed by atoms with Crippen molar-refractivity contribution in [2.45, 2.75) is 5.92 Å². The van der Waals surface area contributed by atoms with Crippen molar-refractivity contribution in [3.63, 3.8) is 0 Å². The molecule has 0 fully saturated rings. The first-order chi connectivity index (χ1) is 12.2. The van der Waals surface area contributed by atoms with Crippen LogP contribution in [-0.2, 0) is 19.1 Å². The zero-order valence-electron chi connectivity index (χ0n) is 14.1. The largest absolute Gasteiger partial charge is 0.468 e. The molecule has 3 rings (SSSR count). The van der Waals surface area contributed by atoms with E-state index in [1.807, 2.05) is 36.4 Å². The molecule has 2 aromatic rings. The van der Waals surface area contributed by atoms with Crippen LogP contribution in [0.4, 0.5) is 4.79 Å². The van der Waals surface area contributed by atoms with Gasteiger partial charge in [-0.25, -0.2) is 4.79 Å². The number of hydrogen-bond donors (Lipinski definition) is 0. The molecule has 0 aliphatic heterocycles. The quantitative estimate of drug-likeness (QED) is 0.618. The number of benzene rings is 2. The fourth-order valence-electron chi connectivity index (χ4n) is 3.05. The van der Waals surface area contributed by atoms with Gasteiger partial charge in [0.25, 0.3) is 0 Å². The summed E-state index contributed by atoms with van der Waals surface area (Å²) < 4.78 is 9.93. The molecule has 130 valence electrons. The van der Waals surface area contributed by atoms with Crippen molar-refractivity contribution < 1.29 is 23.9 Å². The summed E-state index contributed by atoms with van der Waals surface area (Å²) in [4.78, 5) is 28.4. The van der Waals surface area contributed by atoms with Crippen LogP contribution in [0.2, 0.25) is 0 Å². The van der Waals surface area contributed by atoms with Crippen LogP contribution in [0, 0.1) is 0 Å². The Balaban J connectivity index is 1.75. The van der Waals surface area contributed by atoms with Crippen LogP contribution in [0.15, 0.2) is 48.5 Å². The maximum atomic E-state index is 12.2. The highest BCUT2D eigenvalue weighted by Crippen LogP contribution is 2.44. The number of methoxy groups -OCH3 is 1. The zero-order valence-corrected chi connectivity index (χ0v) is 14.1. The number of nitrogens with zero attached hydrogens (tertiary/aromatic N) is 1. The van der Waals surface area contributed by atoms with Gasteiger partial charge in [0.15, 0.2) is 0 Å². The number of hydrogen-bond acceptors (Lipinski definition) is 5. The second kappa shape index (κ2) is 7.36. The molecule has 1 aliphatic carbocycles. The minimum Gasteiger partial charge on any atom is -0.468 e. The first kappa shape index (κ1) is 17.0. The highest BCUT2D eigenvalue weighted by Gasteiger charge is 2.30. The van der Waals surface area contributed by atoms with Crippen molar-refractivity contribution in [3.8, 4) is 11.1 Å². The Labute approximate surface area is 145 Å². The molecule has 0 N–H and O–H groups in total. The predicted octanol–water partition coefficient (Wildman–Crippen LogP) is 2.97. The van der Waals surface area contributed by atoms with Gasteiger partial charge in [0, 0.05) is 5.92 Å². The SMILES string of the molecule is COC(=O)CN(OC)C(=O)OCC1c2ccccc2-c2ccccc21. The van der Waals surface area contributed by atoms with Gasteiger partial charge in [-0.3, -0.25) is 9.63 Å². The third-order valence-electron chi connectivity index (χ3n) is 4.26. The van der Waals surface area contributed by atoms with Gasteiger partial charge in [-0.2, -0.15) is 5.06 Å². The highest BCUT2D eigenvalue weighted by molar-refractivity contribution is 5.79. The molecule has 0 saturated heterocycles. The summed E-state index contributed by atoms with van der Waals surface area (Å²) in [6.07, 6.45) is -0.727. The van der Waals surface area contributed by atoms with E-state index >= 15 is 0 Å². The lowest BCUT2D eigenvalue weighted by molar-refractivity contribution is -0.158. The van der Waals surface area contributed by atoms with Gasteiger partial charge in [0.1, 0.15) is 13.2 Å². The number of esters is 1. The first-order valence-corrected chi connectivity index (χ1v) is 7.89. The average Bonchev–Trinajstić information content (AvgIpc) is 2.98. The zero-order chi connectivity index (χ0) is 17.8. The normalized spacial score (nSPS) is 12.2. The van der Waals surface area contributed by atoms with E-state index in [9.17, 15) is 9.59 Å². The predicted molar refractivity (Wildman–Crippen MR) is 90.8 cm³/mol. The molecule has 0 aromatic heterocycles. The summed E-state index contributed by atoms with van der Waals surface area (Å²) >= 11 is 0. The van der Waals surface area contributed by atoms with E-state index in [1.54, 1.807) is 0 Å². The van der Waals surface area contributed by atoms with Crippen molar-refractivity contribution in [1.29, 1.82) is 0 Å². The Hall–Kier alpha value is -2.86. The van der Waals surface area contributed by atoms with E-state index in [1.165, 1.54) is 14.2 Å². The molecule has 0 heterocycles. The van der Waals surface area contributed by atoms with E-state index < -0.39 is 12.1 Å². The lowest BCUT2D eigenvalue weighted by Crippen LogP contribution is -2.36. The fourth-order valence-corrected chi connectivity index (χ4v) is 3.05. The van der Waals surface area contributed by atoms with Crippen LogP contribution in [-0.4, -0.2) is 44.5 Å². The van der Waals surface area contributed by atoms with Crippen molar-refractivity contribution in [1.82, 2.24) is 5.06 Å². The van der Waals surface area contributed by atoms with Gasteiger partial charge in [-0.1, -0.05) is 48.5 Å². The first-order valence-electron chi connectivity index (χ1n) is 7.89. The number of carbonyl (C=O) groups is 2. The molecule has 0 atom stereocenters. The number of amides is 1. The summed E-state index contributed by atoms with van der Waals surface area (Å²) in [5.74, 6) is -0.636. The lowest BCUT2D eigenvalue weighted by Gasteiger charge is -2.20. The van der Waals surface area contributed by atoms with Crippen LogP contribution in [0.25, 0.3) is 11.1 Å². The van der Waals surface area contributed by atoms with Crippen molar-refractivity contribution in [2.24, 2.45) is 0 Å².